The zero-order valence-corrected chi connectivity index (χ0v) is 13.1. The maximum Gasteiger partial charge on any atom is 0.254 e. The molecular weight excluding hydrogens is 280 g/mol. The monoisotopic (exact) mass is 300 g/mol. The third kappa shape index (κ3) is 3.75. The molecule has 0 saturated heterocycles. The van der Waals surface area contributed by atoms with Crippen molar-refractivity contribution in [1.82, 2.24) is 10.1 Å². The van der Waals surface area contributed by atoms with Gasteiger partial charge in [-0.2, -0.15) is 0 Å². The Morgan fingerprint density at radius 2 is 2.05 bits per heavy atom. The average molecular weight is 300 g/mol. The third-order valence-corrected chi connectivity index (χ3v) is 3.37. The van der Waals surface area contributed by atoms with Crippen molar-refractivity contribution in [2.24, 2.45) is 0 Å². The minimum absolute atomic E-state index is 0.0815. The highest BCUT2D eigenvalue weighted by molar-refractivity contribution is 5.94. The molecule has 0 radical (unpaired) electrons. The van der Waals surface area contributed by atoms with Crippen LogP contribution in [0.3, 0.4) is 0 Å². The summed E-state index contributed by atoms with van der Waals surface area (Å²) in [7, 11) is 1.74. The van der Waals surface area contributed by atoms with Gasteiger partial charge in [0.1, 0.15) is 24.3 Å². The Morgan fingerprint density at radius 3 is 2.59 bits per heavy atom. The molecule has 116 valence electrons. The normalized spacial score (nSPS) is 11.8. The Bertz CT molecular complexity index is 632. The van der Waals surface area contributed by atoms with Crippen molar-refractivity contribution in [3.05, 3.63) is 60.0 Å². The molecule has 2 aromatic rings. The molecule has 0 bridgehead atoms. The predicted octanol–water partition coefficient (Wildman–Crippen LogP) is 3.46. The summed E-state index contributed by atoms with van der Waals surface area (Å²) in [4.78, 5) is 14.1. The first-order valence-electron chi connectivity index (χ1n) is 7.03. The summed E-state index contributed by atoms with van der Waals surface area (Å²) in [6.45, 7) is 8.06. The number of hydrogen-bond donors (Lipinski definition) is 0. The second kappa shape index (κ2) is 6.93. The summed E-state index contributed by atoms with van der Waals surface area (Å²) >= 11 is 0. The van der Waals surface area contributed by atoms with Gasteiger partial charge in [0.25, 0.3) is 5.91 Å². The lowest BCUT2D eigenvalue weighted by Crippen LogP contribution is -2.29. The van der Waals surface area contributed by atoms with Crippen molar-refractivity contribution in [3.8, 4) is 5.75 Å². The molecule has 1 unspecified atom stereocenters. The SMILES string of the molecule is C=C(C)COc1ccc(C(=O)N(C)C(C)c2ccon2)cc1. The van der Waals surface area contributed by atoms with Crippen LogP contribution in [0.2, 0.25) is 0 Å². The molecule has 5 nitrogen and oxygen atoms in total. The van der Waals surface area contributed by atoms with Crippen LogP contribution in [0.15, 0.2) is 53.3 Å². The maximum atomic E-state index is 12.5. The highest BCUT2D eigenvalue weighted by Crippen LogP contribution is 2.20. The Balaban J connectivity index is 2.04. The summed E-state index contributed by atoms with van der Waals surface area (Å²) in [5.74, 6) is 0.633. The molecule has 0 aliphatic rings. The van der Waals surface area contributed by atoms with E-state index in [2.05, 4.69) is 11.7 Å². The summed E-state index contributed by atoms with van der Waals surface area (Å²) in [6, 6.07) is 8.66. The summed E-state index contributed by atoms with van der Waals surface area (Å²) < 4.78 is 10.3. The maximum absolute atomic E-state index is 12.5. The van der Waals surface area contributed by atoms with Crippen LogP contribution in [0.4, 0.5) is 0 Å². The van der Waals surface area contributed by atoms with Gasteiger partial charge < -0.3 is 14.2 Å². The molecule has 0 spiro atoms. The number of amides is 1. The molecule has 0 fully saturated rings. The van der Waals surface area contributed by atoms with Gasteiger partial charge in [-0.1, -0.05) is 11.7 Å². The molecule has 0 aliphatic heterocycles. The van der Waals surface area contributed by atoms with Crippen LogP contribution in [0, 0.1) is 0 Å². The van der Waals surface area contributed by atoms with Crippen molar-refractivity contribution in [2.75, 3.05) is 13.7 Å². The fraction of sp³-hybridized carbons (Fsp3) is 0.294. The molecule has 1 amide bonds. The van der Waals surface area contributed by atoms with E-state index in [1.54, 1.807) is 42.3 Å². The largest absolute Gasteiger partial charge is 0.489 e. The van der Waals surface area contributed by atoms with Crippen molar-refractivity contribution in [3.63, 3.8) is 0 Å². The molecule has 1 aromatic carbocycles. The quantitative estimate of drug-likeness (QED) is 0.767. The smallest absolute Gasteiger partial charge is 0.254 e. The second-order valence-corrected chi connectivity index (χ2v) is 5.29. The summed E-state index contributed by atoms with van der Waals surface area (Å²) in [6.07, 6.45) is 1.50. The number of carbonyl (C=O) groups is 1. The lowest BCUT2D eigenvalue weighted by atomic mass is 10.1. The second-order valence-electron chi connectivity index (χ2n) is 5.29. The molecule has 1 aromatic heterocycles. The minimum Gasteiger partial charge on any atom is -0.489 e. The van der Waals surface area contributed by atoms with E-state index >= 15 is 0 Å². The Kier molecular flexibility index (Phi) is 4.99. The van der Waals surface area contributed by atoms with E-state index in [0.717, 1.165) is 11.3 Å². The number of rotatable bonds is 6. The molecule has 0 N–H and O–H groups in total. The van der Waals surface area contributed by atoms with Crippen LogP contribution in [-0.4, -0.2) is 29.6 Å². The Hall–Kier alpha value is -2.56. The third-order valence-electron chi connectivity index (χ3n) is 3.37. The first kappa shape index (κ1) is 15.8. The van der Waals surface area contributed by atoms with Gasteiger partial charge in [-0.15, -0.1) is 0 Å². The average Bonchev–Trinajstić information content (AvgIpc) is 3.05. The van der Waals surface area contributed by atoms with Crippen molar-refractivity contribution >= 4 is 5.91 Å². The standard InChI is InChI=1S/C17H20N2O3/c1-12(2)11-21-15-7-5-14(6-8-15)17(20)19(4)13(3)16-9-10-22-18-16/h5-10,13H,1,11H2,2-4H3. The minimum atomic E-state index is -0.161. The van der Waals surface area contributed by atoms with Gasteiger partial charge in [0.15, 0.2) is 0 Å². The number of hydrogen-bond acceptors (Lipinski definition) is 4. The number of aromatic nitrogens is 1. The highest BCUT2D eigenvalue weighted by Gasteiger charge is 2.20. The van der Waals surface area contributed by atoms with Gasteiger partial charge >= 0.3 is 0 Å². The topological polar surface area (TPSA) is 55.6 Å². The molecule has 22 heavy (non-hydrogen) atoms. The van der Waals surface area contributed by atoms with E-state index in [4.69, 9.17) is 9.26 Å². The zero-order valence-electron chi connectivity index (χ0n) is 13.1. The fourth-order valence-corrected chi connectivity index (χ4v) is 1.92. The molecule has 2 rings (SSSR count). The van der Waals surface area contributed by atoms with Crippen LogP contribution in [0.1, 0.15) is 35.9 Å². The van der Waals surface area contributed by atoms with Crippen LogP contribution in [-0.2, 0) is 0 Å². The van der Waals surface area contributed by atoms with Crippen molar-refractivity contribution < 1.29 is 14.1 Å². The van der Waals surface area contributed by atoms with Gasteiger partial charge in [-0.3, -0.25) is 4.79 Å². The van der Waals surface area contributed by atoms with E-state index in [0.29, 0.717) is 17.9 Å². The van der Waals surface area contributed by atoms with Gasteiger partial charge in [0.05, 0.1) is 6.04 Å². The van der Waals surface area contributed by atoms with Gasteiger partial charge in [-0.05, 0) is 43.7 Å². The highest BCUT2D eigenvalue weighted by atomic mass is 16.5. The number of benzene rings is 1. The molecule has 0 saturated carbocycles. The van der Waals surface area contributed by atoms with E-state index in [1.165, 1.54) is 6.26 Å². The molecule has 5 heteroatoms. The lowest BCUT2D eigenvalue weighted by Gasteiger charge is -2.23. The molecule has 1 heterocycles. The van der Waals surface area contributed by atoms with Crippen LogP contribution in [0.5, 0.6) is 5.75 Å². The van der Waals surface area contributed by atoms with Crippen LogP contribution < -0.4 is 4.74 Å². The summed E-state index contributed by atoms with van der Waals surface area (Å²) in [5.41, 5.74) is 2.26. The molecular formula is C17H20N2O3. The molecule has 1 atom stereocenters. The fourth-order valence-electron chi connectivity index (χ4n) is 1.92. The first-order valence-corrected chi connectivity index (χ1v) is 7.03. The first-order chi connectivity index (χ1) is 10.5. The van der Waals surface area contributed by atoms with E-state index in [1.807, 2.05) is 13.8 Å². The summed E-state index contributed by atoms with van der Waals surface area (Å²) in [5, 5.41) is 3.87. The van der Waals surface area contributed by atoms with Gasteiger partial charge in [0.2, 0.25) is 0 Å². The number of ether oxygens (including phenoxy) is 1. The van der Waals surface area contributed by atoms with Crippen LogP contribution in [0.25, 0.3) is 0 Å². The lowest BCUT2D eigenvalue weighted by molar-refractivity contribution is 0.0737. The van der Waals surface area contributed by atoms with E-state index in [-0.39, 0.29) is 11.9 Å². The Labute approximate surface area is 130 Å². The molecule has 0 aliphatic carbocycles. The number of nitrogens with zero attached hydrogens (tertiary/aromatic N) is 2. The zero-order chi connectivity index (χ0) is 16.1. The number of carbonyl (C=O) groups excluding carboxylic acids is 1. The van der Waals surface area contributed by atoms with E-state index < -0.39 is 0 Å². The van der Waals surface area contributed by atoms with Crippen LogP contribution >= 0.6 is 0 Å². The van der Waals surface area contributed by atoms with Gasteiger partial charge in [-0.25, -0.2) is 0 Å². The van der Waals surface area contributed by atoms with Crippen molar-refractivity contribution in [1.29, 1.82) is 0 Å². The van der Waals surface area contributed by atoms with Gasteiger partial charge in [0, 0.05) is 18.7 Å². The van der Waals surface area contributed by atoms with Crippen molar-refractivity contribution in [2.45, 2.75) is 19.9 Å². The van der Waals surface area contributed by atoms with E-state index in [9.17, 15) is 4.79 Å². The predicted molar refractivity (Wildman–Crippen MR) is 83.8 cm³/mol. The Morgan fingerprint density at radius 1 is 1.36 bits per heavy atom.